The topological polar surface area (TPSA) is 32.7 Å². The van der Waals surface area contributed by atoms with Crippen molar-refractivity contribution in [1.29, 1.82) is 0 Å². The first-order valence-corrected chi connectivity index (χ1v) is 9.98. The van der Waals surface area contributed by atoms with E-state index in [1.807, 2.05) is 34.5 Å². The predicted octanol–water partition coefficient (Wildman–Crippen LogP) is 5.73. The Balaban J connectivity index is 1.83. The van der Waals surface area contributed by atoms with Crippen LogP contribution in [0.4, 0.5) is 11.4 Å². The molecule has 136 valence electrons. The Morgan fingerprint density at radius 2 is 1.78 bits per heavy atom. The minimum Gasteiger partial charge on any atom is -0.306 e. The average Bonchev–Trinajstić information content (AvgIpc) is 3.14. The van der Waals surface area contributed by atoms with Crippen LogP contribution >= 0.6 is 11.3 Å². The Hall–Kier alpha value is -2.72. The number of rotatable bonds is 3. The highest BCUT2D eigenvalue weighted by molar-refractivity contribution is 7.12. The Bertz CT molecular complexity index is 1030. The quantitative estimate of drug-likeness (QED) is 0.576. The van der Waals surface area contributed by atoms with Crippen LogP contribution in [0.1, 0.15) is 33.6 Å². The lowest BCUT2D eigenvalue weighted by Gasteiger charge is -2.24. The zero-order valence-electron chi connectivity index (χ0n) is 15.8. The Labute approximate surface area is 164 Å². The summed E-state index contributed by atoms with van der Waals surface area (Å²) in [6.07, 6.45) is 0.319. The molecular weight excluding hydrogens is 352 g/mol. The van der Waals surface area contributed by atoms with Crippen LogP contribution < -0.4 is 4.90 Å². The van der Waals surface area contributed by atoms with Crippen LogP contribution in [0.3, 0.4) is 0 Å². The second-order valence-electron chi connectivity index (χ2n) is 7.04. The summed E-state index contributed by atoms with van der Waals surface area (Å²) in [5.74, 6) is 0.0902. The number of aryl methyl sites for hydroxylation is 3. The number of anilines is 1. The zero-order valence-corrected chi connectivity index (χ0v) is 16.6. The Morgan fingerprint density at radius 1 is 1.00 bits per heavy atom. The zero-order chi connectivity index (χ0) is 19.0. The molecule has 0 bridgehead atoms. The SMILES string of the molecule is Cc1cc2c(cc1C)N(Cc1ccccc1C)C(=O)CC(c1cccs1)=N2. The van der Waals surface area contributed by atoms with Crippen LogP contribution in [-0.4, -0.2) is 11.6 Å². The summed E-state index contributed by atoms with van der Waals surface area (Å²) in [6.45, 7) is 6.83. The van der Waals surface area contributed by atoms with Gasteiger partial charge < -0.3 is 4.90 Å². The van der Waals surface area contributed by atoms with Gasteiger partial charge in [0, 0.05) is 4.88 Å². The monoisotopic (exact) mass is 374 g/mol. The van der Waals surface area contributed by atoms with Crippen LogP contribution in [0.15, 0.2) is 58.9 Å². The van der Waals surface area contributed by atoms with Crippen molar-refractivity contribution in [1.82, 2.24) is 0 Å². The molecule has 1 aliphatic heterocycles. The normalized spacial score (nSPS) is 14.0. The van der Waals surface area contributed by atoms with Crippen molar-refractivity contribution in [2.45, 2.75) is 33.7 Å². The van der Waals surface area contributed by atoms with Crippen LogP contribution in [0.5, 0.6) is 0 Å². The third-order valence-electron chi connectivity index (χ3n) is 5.15. The molecule has 0 unspecified atom stereocenters. The van der Waals surface area contributed by atoms with Gasteiger partial charge >= 0.3 is 0 Å². The third-order valence-corrected chi connectivity index (χ3v) is 6.07. The lowest BCUT2D eigenvalue weighted by molar-refractivity contribution is -0.117. The highest BCUT2D eigenvalue weighted by Gasteiger charge is 2.26. The molecule has 2 aromatic carbocycles. The molecule has 3 aromatic rings. The number of carbonyl (C=O) groups excluding carboxylic acids is 1. The van der Waals surface area contributed by atoms with Gasteiger partial charge in [0.25, 0.3) is 0 Å². The van der Waals surface area contributed by atoms with Crippen LogP contribution in [-0.2, 0) is 11.3 Å². The Morgan fingerprint density at radius 3 is 2.52 bits per heavy atom. The van der Waals surface area contributed by atoms with E-state index in [2.05, 4.69) is 45.0 Å². The van der Waals surface area contributed by atoms with Crippen molar-refractivity contribution in [3.63, 3.8) is 0 Å². The minimum atomic E-state index is 0.0902. The number of aliphatic imine (C=N–C) groups is 1. The molecule has 3 nitrogen and oxygen atoms in total. The maximum absolute atomic E-state index is 13.2. The molecular formula is C23H22N2OS. The minimum absolute atomic E-state index is 0.0902. The molecule has 4 heteroatoms. The van der Waals surface area contributed by atoms with E-state index in [1.165, 1.54) is 16.7 Å². The summed E-state index contributed by atoms with van der Waals surface area (Å²) in [6, 6.07) is 16.5. The molecule has 0 N–H and O–H groups in total. The fourth-order valence-electron chi connectivity index (χ4n) is 3.37. The summed E-state index contributed by atoms with van der Waals surface area (Å²) in [5, 5.41) is 2.03. The number of thiophene rings is 1. The molecule has 0 spiro atoms. The van der Waals surface area contributed by atoms with Gasteiger partial charge in [-0.1, -0.05) is 30.3 Å². The number of fused-ring (bicyclic) bond motifs is 1. The number of hydrogen-bond acceptors (Lipinski definition) is 3. The van der Waals surface area contributed by atoms with E-state index < -0.39 is 0 Å². The van der Waals surface area contributed by atoms with Gasteiger partial charge in [-0.25, -0.2) is 4.99 Å². The molecule has 1 amide bonds. The second-order valence-corrected chi connectivity index (χ2v) is 7.99. The van der Waals surface area contributed by atoms with E-state index in [-0.39, 0.29) is 5.91 Å². The lowest BCUT2D eigenvalue weighted by atomic mass is 10.0. The summed E-state index contributed by atoms with van der Waals surface area (Å²) < 4.78 is 0. The molecule has 1 aromatic heterocycles. The average molecular weight is 375 g/mol. The summed E-state index contributed by atoms with van der Waals surface area (Å²) in [4.78, 5) is 21.1. The predicted molar refractivity (Wildman–Crippen MR) is 113 cm³/mol. The van der Waals surface area contributed by atoms with Crippen molar-refractivity contribution in [3.05, 3.63) is 81.0 Å². The highest BCUT2D eigenvalue weighted by atomic mass is 32.1. The van der Waals surface area contributed by atoms with Gasteiger partial charge in [0.15, 0.2) is 0 Å². The second kappa shape index (κ2) is 7.12. The van der Waals surface area contributed by atoms with E-state index in [1.54, 1.807) is 11.3 Å². The van der Waals surface area contributed by atoms with Gasteiger partial charge in [-0.2, -0.15) is 0 Å². The van der Waals surface area contributed by atoms with Crippen molar-refractivity contribution in [3.8, 4) is 0 Å². The fourth-order valence-corrected chi connectivity index (χ4v) is 4.08. The number of hydrogen-bond donors (Lipinski definition) is 0. The van der Waals surface area contributed by atoms with Gasteiger partial charge in [0.2, 0.25) is 5.91 Å². The van der Waals surface area contributed by atoms with Crippen molar-refractivity contribution >= 4 is 34.3 Å². The molecule has 0 radical (unpaired) electrons. The van der Waals surface area contributed by atoms with Gasteiger partial charge in [-0.3, -0.25) is 4.79 Å². The Kier molecular flexibility index (Phi) is 4.66. The molecule has 0 atom stereocenters. The summed E-state index contributed by atoms with van der Waals surface area (Å²) in [5.41, 5.74) is 7.35. The molecule has 27 heavy (non-hydrogen) atoms. The number of carbonyl (C=O) groups is 1. The van der Waals surface area contributed by atoms with E-state index >= 15 is 0 Å². The third kappa shape index (κ3) is 3.45. The first kappa shape index (κ1) is 17.7. The van der Waals surface area contributed by atoms with E-state index in [0.29, 0.717) is 13.0 Å². The van der Waals surface area contributed by atoms with Crippen LogP contribution in [0.2, 0.25) is 0 Å². The van der Waals surface area contributed by atoms with Gasteiger partial charge in [0.05, 0.1) is 30.1 Å². The summed E-state index contributed by atoms with van der Waals surface area (Å²) in [7, 11) is 0. The molecule has 1 aliphatic rings. The highest BCUT2D eigenvalue weighted by Crippen LogP contribution is 2.37. The molecule has 0 aliphatic carbocycles. The largest absolute Gasteiger partial charge is 0.306 e. The van der Waals surface area contributed by atoms with Gasteiger partial charge in [-0.05, 0) is 66.6 Å². The first-order valence-electron chi connectivity index (χ1n) is 9.10. The molecule has 0 saturated heterocycles. The maximum atomic E-state index is 13.2. The smallest absolute Gasteiger partial charge is 0.233 e. The van der Waals surface area contributed by atoms with Crippen molar-refractivity contribution < 1.29 is 4.79 Å². The lowest BCUT2D eigenvalue weighted by Crippen LogP contribution is -2.31. The number of nitrogens with zero attached hydrogens (tertiary/aromatic N) is 2. The summed E-state index contributed by atoms with van der Waals surface area (Å²) >= 11 is 1.63. The molecule has 0 fully saturated rings. The molecule has 4 rings (SSSR count). The van der Waals surface area contributed by atoms with E-state index in [4.69, 9.17) is 4.99 Å². The van der Waals surface area contributed by atoms with Gasteiger partial charge in [-0.15, -0.1) is 11.3 Å². The molecule has 0 saturated carbocycles. The first-order chi connectivity index (χ1) is 13.0. The fraction of sp³-hybridized carbons (Fsp3) is 0.217. The number of benzene rings is 2. The number of amides is 1. The maximum Gasteiger partial charge on any atom is 0.233 e. The van der Waals surface area contributed by atoms with Crippen LogP contribution in [0, 0.1) is 20.8 Å². The van der Waals surface area contributed by atoms with E-state index in [9.17, 15) is 4.79 Å². The van der Waals surface area contributed by atoms with Crippen LogP contribution in [0.25, 0.3) is 0 Å². The molecule has 2 heterocycles. The standard InChI is InChI=1S/C23H22N2OS/c1-15-7-4-5-8-18(15)14-25-21-12-17(3)16(2)11-19(21)24-20(13-23(25)26)22-9-6-10-27-22/h4-12H,13-14H2,1-3H3. The van der Waals surface area contributed by atoms with E-state index in [0.717, 1.165) is 27.5 Å². The van der Waals surface area contributed by atoms with Gasteiger partial charge in [0.1, 0.15) is 0 Å². The van der Waals surface area contributed by atoms with Crippen molar-refractivity contribution in [2.75, 3.05) is 4.90 Å². The van der Waals surface area contributed by atoms with Crippen molar-refractivity contribution in [2.24, 2.45) is 4.99 Å².